The number of nitrogens with one attached hydrogen (secondary N) is 1. The Kier molecular flexibility index (Phi) is 8.18. The van der Waals surface area contributed by atoms with Gasteiger partial charge >= 0.3 is 0 Å². The van der Waals surface area contributed by atoms with Crippen molar-refractivity contribution in [3.8, 4) is 22.1 Å². The number of pyridine rings is 2. The van der Waals surface area contributed by atoms with E-state index in [0.29, 0.717) is 30.9 Å². The average Bonchev–Trinajstić information content (AvgIpc) is 3.57. The minimum atomic E-state index is -0.495. The molecular weight excluding hydrogens is 489 g/mol. The number of carbonyl (C=O) groups excluding carboxylic acids is 1. The van der Waals surface area contributed by atoms with E-state index in [9.17, 15) is 9.18 Å². The summed E-state index contributed by atoms with van der Waals surface area (Å²) < 4.78 is 27.1. The molecule has 0 spiro atoms. The Morgan fingerprint density at radius 2 is 2.05 bits per heavy atom. The molecule has 8 heteroatoms. The fourth-order valence-electron chi connectivity index (χ4n) is 4.43. The van der Waals surface area contributed by atoms with Crippen LogP contribution in [0.5, 0.6) is 11.5 Å². The van der Waals surface area contributed by atoms with Crippen LogP contribution in [0.25, 0.3) is 20.8 Å². The van der Waals surface area contributed by atoms with Gasteiger partial charge in [-0.05, 0) is 60.7 Å². The fraction of sp³-hybridized carbons (Fsp3) is 0.345. The van der Waals surface area contributed by atoms with Gasteiger partial charge in [0.25, 0.3) is 0 Å². The van der Waals surface area contributed by atoms with Gasteiger partial charge in [0.2, 0.25) is 0 Å². The van der Waals surface area contributed by atoms with E-state index >= 15 is 0 Å². The molecule has 1 saturated heterocycles. The summed E-state index contributed by atoms with van der Waals surface area (Å²) in [4.78, 5) is 22.4. The molecule has 1 fully saturated rings. The van der Waals surface area contributed by atoms with Gasteiger partial charge in [-0.25, -0.2) is 4.39 Å². The molecule has 1 aliphatic rings. The maximum Gasteiger partial charge on any atom is 0.166 e. The van der Waals surface area contributed by atoms with Crippen LogP contribution in [0.15, 0.2) is 54.9 Å². The van der Waals surface area contributed by atoms with Crippen LogP contribution >= 0.6 is 11.3 Å². The standard InChI is InChI=1S/C29H30FN3O3S/c1-2-9-31-16-21-3-5-24(33-17-21)28-15-25-29(37-28)27(7-10-32-25)36-26-6-4-19(14-23(26)30)12-22(34)13-20-8-11-35-18-20/h3-7,10,14-15,17,20,31H,2,8-9,11-13,16,18H2,1H3/t20-/m1/s1. The zero-order valence-electron chi connectivity index (χ0n) is 20.8. The summed E-state index contributed by atoms with van der Waals surface area (Å²) in [5.41, 5.74) is 3.41. The molecule has 3 aromatic heterocycles. The summed E-state index contributed by atoms with van der Waals surface area (Å²) in [7, 11) is 0. The minimum Gasteiger partial charge on any atom is -0.453 e. The molecular formula is C29H30FN3O3S. The molecule has 0 radical (unpaired) electrons. The number of ether oxygens (including phenoxy) is 2. The van der Waals surface area contributed by atoms with Gasteiger partial charge in [-0.3, -0.25) is 14.8 Å². The molecule has 1 aromatic carbocycles. The van der Waals surface area contributed by atoms with Gasteiger partial charge in [0.05, 0.1) is 20.8 Å². The van der Waals surface area contributed by atoms with Crippen molar-refractivity contribution in [1.29, 1.82) is 0 Å². The Morgan fingerprint density at radius 3 is 2.81 bits per heavy atom. The lowest BCUT2D eigenvalue weighted by atomic mass is 9.98. The third-order valence-electron chi connectivity index (χ3n) is 6.37. The number of hydrogen-bond acceptors (Lipinski definition) is 7. The lowest BCUT2D eigenvalue weighted by Gasteiger charge is -2.10. The van der Waals surface area contributed by atoms with Crippen molar-refractivity contribution in [1.82, 2.24) is 15.3 Å². The quantitative estimate of drug-likeness (QED) is 0.234. The topological polar surface area (TPSA) is 73.3 Å². The average molecular weight is 520 g/mol. The highest BCUT2D eigenvalue weighted by Crippen LogP contribution is 2.39. The first-order valence-corrected chi connectivity index (χ1v) is 13.5. The van der Waals surface area contributed by atoms with Crippen molar-refractivity contribution in [2.75, 3.05) is 19.8 Å². The highest BCUT2D eigenvalue weighted by molar-refractivity contribution is 7.22. The van der Waals surface area contributed by atoms with E-state index in [1.54, 1.807) is 24.4 Å². The van der Waals surface area contributed by atoms with Crippen LogP contribution in [0.2, 0.25) is 0 Å². The van der Waals surface area contributed by atoms with Gasteiger partial charge in [0.15, 0.2) is 11.6 Å². The lowest BCUT2D eigenvalue weighted by molar-refractivity contribution is -0.119. The van der Waals surface area contributed by atoms with Crippen molar-refractivity contribution < 1.29 is 18.7 Å². The fourth-order valence-corrected chi connectivity index (χ4v) is 5.47. The Labute approximate surface area is 219 Å². The van der Waals surface area contributed by atoms with Gasteiger partial charge in [-0.2, -0.15) is 0 Å². The summed E-state index contributed by atoms with van der Waals surface area (Å²) in [5.74, 6) is 0.533. The lowest BCUT2D eigenvalue weighted by Crippen LogP contribution is -2.13. The number of hydrogen-bond donors (Lipinski definition) is 1. The molecule has 37 heavy (non-hydrogen) atoms. The molecule has 6 nitrogen and oxygen atoms in total. The number of thiophene rings is 1. The van der Waals surface area contributed by atoms with Crippen LogP contribution < -0.4 is 10.1 Å². The summed E-state index contributed by atoms with van der Waals surface area (Å²) >= 11 is 1.51. The molecule has 0 unspecified atom stereocenters. The summed E-state index contributed by atoms with van der Waals surface area (Å²) in [5, 5.41) is 3.38. The molecule has 1 aliphatic heterocycles. The van der Waals surface area contributed by atoms with E-state index in [1.807, 2.05) is 18.3 Å². The van der Waals surface area contributed by atoms with Crippen LogP contribution in [-0.2, 0) is 22.5 Å². The van der Waals surface area contributed by atoms with E-state index in [0.717, 1.165) is 52.3 Å². The predicted molar refractivity (Wildman–Crippen MR) is 144 cm³/mol. The van der Waals surface area contributed by atoms with Gasteiger partial charge in [-0.1, -0.05) is 19.1 Å². The van der Waals surface area contributed by atoms with E-state index in [4.69, 9.17) is 9.47 Å². The van der Waals surface area contributed by atoms with Gasteiger partial charge in [0.1, 0.15) is 11.5 Å². The van der Waals surface area contributed by atoms with Crippen LogP contribution in [0, 0.1) is 11.7 Å². The number of nitrogens with zero attached hydrogens (tertiary/aromatic N) is 2. The number of carbonyl (C=O) groups is 1. The van der Waals surface area contributed by atoms with Crippen molar-refractivity contribution in [2.24, 2.45) is 5.92 Å². The third kappa shape index (κ3) is 6.39. The molecule has 1 atom stereocenters. The molecule has 4 heterocycles. The zero-order chi connectivity index (χ0) is 25.6. The summed E-state index contributed by atoms with van der Waals surface area (Å²) in [6.45, 7) is 5.26. The zero-order valence-corrected chi connectivity index (χ0v) is 21.7. The van der Waals surface area contributed by atoms with E-state index in [1.165, 1.54) is 17.4 Å². The number of rotatable bonds is 11. The largest absolute Gasteiger partial charge is 0.453 e. The molecule has 0 amide bonds. The monoisotopic (exact) mass is 519 g/mol. The SMILES string of the molecule is CCCNCc1ccc(-c2cc3nccc(Oc4ccc(CC(=O)C[C@H]5CCOC5)cc4F)c3s2)nc1. The first-order chi connectivity index (χ1) is 18.1. The number of fused-ring (bicyclic) bond motifs is 1. The van der Waals surface area contributed by atoms with Crippen molar-refractivity contribution >= 4 is 27.3 Å². The summed E-state index contributed by atoms with van der Waals surface area (Å²) in [6.07, 6.45) is 6.23. The van der Waals surface area contributed by atoms with Crippen LogP contribution in [0.1, 0.15) is 37.3 Å². The maximum absolute atomic E-state index is 14.9. The maximum atomic E-state index is 14.9. The highest BCUT2D eigenvalue weighted by Gasteiger charge is 2.20. The van der Waals surface area contributed by atoms with Crippen LogP contribution in [-0.4, -0.2) is 35.5 Å². The number of aromatic nitrogens is 2. The second-order valence-corrected chi connectivity index (χ2v) is 10.4. The van der Waals surface area contributed by atoms with E-state index in [2.05, 4.69) is 28.3 Å². The van der Waals surface area contributed by atoms with Crippen molar-refractivity contribution in [3.05, 3.63) is 71.8 Å². The number of halogens is 1. The predicted octanol–water partition coefficient (Wildman–Crippen LogP) is 6.33. The van der Waals surface area contributed by atoms with Gasteiger partial charge < -0.3 is 14.8 Å². The first kappa shape index (κ1) is 25.4. The van der Waals surface area contributed by atoms with E-state index < -0.39 is 5.82 Å². The minimum absolute atomic E-state index is 0.101. The Hall–Kier alpha value is -3.20. The smallest absolute Gasteiger partial charge is 0.166 e. The second-order valence-electron chi connectivity index (χ2n) is 9.38. The van der Waals surface area contributed by atoms with Crippen molar-refractivity contribution in [3.63, 3.8) is 0 Å². The normalized spacial score (nSPS) is 15.4. The molecule has 1 N–H and O–H groups in total. The molecule has 5 rings (SSSR count). The molecule has 0 bridgehead atoms. The second kappa shape index (κ2) is 11.9. The van der Waals surface area contributed by atoms with Crippen LogP contribution in [0.4, 0.5) is 4.39 Å². The van der Waals surface area contributed by atoms with Gasteiger partial charge in [-0.15, -0.1) is 11.3 Å². The number of Topliss-reactive ketones (excluding diaryl/α,β-unsaturated/α-hetero) is 1. The Balaban J connectivity index is 1.28. The van der Waals surface area contributed by atoms with Crippen LogP contribution in [0.3, 0.4) is 0 Å². The third-order valence-corrected chi connectivity index (χ3v) is 7.53. The molecule has 0 aliphatic carbocycles. The van der Waals surface area contributed by atoms with E-state index in [-0.39, 0.29) is 23.9 Å². The number of benzene rings is 1. The summed E-state index contributed by atoms with van der Waals surface area (Å²) in [6, 6.07) is 12.5. The van der Waals surface area contributed by atoms with Crippen molar-refractivity contribution in [2.45, 2.75) is 39.2 Å². The molecule has 4 aromatic rings. The van der Waals surface area contributed by atoms with Gasteiger partial charge in [0, 0.05) is 51.1 Å². The number of ketones is 1. The highest BCUT2D eigenvalue weighted by atomic mass is 32.1. The molecule has 192 valence electrons. The molecule has 0 saturated carbocycles. The Bertz CT molecular complexity index is 1370. The first-order valence-electron chi connectivity index (χ1n) is 12.7. The Morgan fingerprint density at radius 1 is 1.16 bits per heavy atom.